The van der Waals surface area contributed by atoms with Crippen molar-refractivity contribution >= 4 is 11.9 Å². The van der Waals surface area contributed by atoms with Crippen LogP contribution in [0, 0.1) is 0 Å². The minimum absolute atomic E-state index is 0.249. The fraction of sp³-hybridized carbons (Fsp3) is 0.583. The van der Waals surface area contributed by atoms with E-state index in [9.17, 15) is 9.59 Å². The highest BCUT2D eigenvalue weighted by atomic mass is 16.2. The standard InChI is InChI=1S/C12H18N4O2/c1-8(2)16-7-9(6-13-16)12(3)5-10(17)14-11(18)15(12)4/h6-8H,5H2,1-4H3,(H,14,17,18). The molecule has 1 aliphatic heterocycles. The first kappa shape index (κ1) is 12.6. The van der Waals surface area contributed by atoms with Crippen LogP contribution in [0.3, 0.4) is 0 Å². The number of aromatic nitrogens is 2. The molecular formula is C12H18N4O2. The molecule has 1 saturated heterocycles. The number of urea groups is 1. The third kappa shape index (κ3) is 1.87. The van der Waals surface area contributed by atoms with Gasteiger partial charge < -0.3 is 4.90 Å². The molecule has 2 rings (SSSR count). The Balaban J connectivity index is 2.38. The molecule has 0 saturated carbocycles. The number of nitrogens with one attached hydrogen (secondary N) is 1. The number of rotatable bonds is 2. The molecule has 98 valence electrons. The molecule has 0 spiro atoms. The van der Waals surface area contributed by atoms with E-state index in [1.54, 1.807) is 18.1 Å². The van der Waals surface area contributed by atoms with E-state index in [1.165, 1.54) is 0 Å². The smallest absolute Gasteiger partial charge is 0.317 e. The van der Waals surface area contributed by atoms with Crippen LogP contribution in [0.15, 0.2) is 12.4 Å². The van der Waals surface area contributed by atoms with E-state index in [0.717, 1.165) is 5.56 Å². The van der Waals surface area contributed by atoms with Crippen molar-refractivity contribution in [3.8, 4) is 0 Å². The van der Waals surface area contributed by atoms with Crippen LogP contribution in [0.2, 0.25) is 0 Å². The average Bonchev–Trinajstić information content (AvgIpc) is 2.75. The summed E-state index contributed by atoms with van der Waals surface area (Å²) < 4.78 is 1.82. The molecule has 6 nitrogen and oxygen atoms in total. The lowest BCUT2D eigenvalue weighted by atomic mass is 9.87. The second-order valence-electron chi connectivity index (χ2n) is 5.17. The maximum atomic E-state index is 11.7. The van der Waals surface area contributed by atoms with Gasteiger partial charge in [-0.3, -0.25) is 14.8 Å². The Morgan fingerprint density at radius 3 is 2.67 bits per heavy atom. The summed E-state index contributed by atoms with van der Waals surface area (Å²) in [7, 11) is 1.69. The fourth-order valence-electron chi connectivity index (χ4n) is 2.10. The van der Waals surface area contributed by atoms with Gasteiger partial charge in [0.05, 0.1) is 18.2 Å². The summed E-state index contributed by atoms with van der Waals surface area (Å²) in [5, 5.41) is 6.57. The van der Waals surface area contributed by atoms with Gasteiger partial charge >= 0.3 is 6.03 Å². The number of amides is 3. The molecule has 1 aliphatic rings. The number of carbonyl (C=O) groups excluding carboxylic acids is 2. The van der Waals surface area contributed by atoms with E-state index < -0.39 is 5.54 Å². The minimum Gasteiger partial charge on any atom is -0.317 e. The van der Waals surface area contributed by atoms with Gasteiger partial charge in [-0.25, -0.2) is 4.79 Å². The van der Waals surface area contributed by atoms with E-state index in [1.807, 2.05) is 31.6 Å². The zero-order valence-corrected chi connectivity index (χ0v) is 11.1. The van der Waals surface area contributed by atoms with Crippen LogP contribution in [0.25, 0.3) is 0 Å². The highest BCUT2D eigenvalue weighted by Gasteiger charge is 2.42. The molecule has 18 heavy (non-hydrogen) atoms. The van der Waals surface area contributed by atoms with Crippen molar-refractivity contribution in [2.45, 2.75) is 38.8 Å². The molecule has 0 bridgehead atoms. The number of hydrogen-bond donors (Lipinski definition) is 1. The molecule has 1 aromatic heterocycles. The first-order chi connectivity index (χ1) is 8.34. The molecule has 1 unspecified atom stereocenters. The van der Waals surface area contributed by atoms with Gasteiger partial charge in [0.25, 0.3) is 0 Å². The number of imide groups is 1. The third-order valence-corrected chi connectivity index (χ3v) is 3.55. The monoisotopic (exact) mass is 250 g/mol. The topological polar surface area (TPSA) is 67.2 Å². The van der Waals surface area contributed by atoms with Gasteiger partial charge in [-0.05, 0) is 20.8 Å². The second-order valence-corrected chi connectivity index (χ2v) is 5.17. The molecule has 6 heteroatoms. The van der Waals surface area contributed by atoms with E-state index in [4.69, 9.17) is 0 Å². The predicted molar refractivity (Wildman–Crippen MR) is 65.9 cm³/mol. The maximum absolute atomic E-state index is 11.7. The van der Waals surface area contributed by atoms with Crippen molar-refractivity contribution < 1.29 is 9.59 Å². The van der Waals surface area contributed by atoms with Crippen molar-refractivity contribution in [3.63, 3.8) is 0 Å². The van der Waals surface area contributed by atoms with Gasteiger partial charge in [-0.15, -0.1) is 0 Å². The lowest BCUT2D eigenvalue weighted by Gasteiger charge is -2.41. The van der Waals surface area contributed by atoms with Crippen LogP contribution in [0.1, 0.15) is 38.8 Å². The first-order valence-corrected chi connectivity index (χ1v) is 5.97. The Hall–Kier alpha value is -1.85. The zero-order chi connectivity index (χ0) is 13.5. The summed E-state index contributed by atoms with van der Waals surface area (Å²) in [6.45, 7) is 5.94. The summed E-state index contributed by atoms with van der Waals surface area (Å²) in [6.07, 6.45) is 3.87. The fourth-order valence-corrected chi connectivity index (χ4v) is 2.10. The Morgan fingerprint density at radius 2 is 2.11 bits per heavy atom. The van der Waals surface area contributed by atoms with Gasteiger partial charge in [-0.1, -0.05) is 0 Å². The highest BCUT2D eigenvalue weighted by Crippen LogP contribution is 2.33. The van der Waals surface area contributed by atoms with Crippen LogP contribution >= 0.6 is 0 Å². The van der Waals surface area contributed by atoms with Crippen molar-refractivity contribution in [1.29, 1.82) is 0 Å². The molecule has 3 amide bonds. The summed E-state index contributed by atoms with van der Waals surface area (Å²) in [6, 6.07) is -0.119. The van der Waals surface area contributed by atoms with Gasteiger partial charge in [0.15, 0.2) is 0 Å². The quantitative estimate of drug-likeness (QED) is 0.859. The first-order valence-electron chi connectivity index (χ1n) is 5.97. The lowest BCUT2D eigenvalue weighted by molar-refractivity contribution is -0.124. The van der Waals surface area contributed by atoms with Crippen LogP contribution in [-0.4, -0.2) is 33.7 Å². The Morgan fingerprint density at radius 1 is 1.44 bits per heavy atom. The highest BCUT2D eigenvalue weighted by molar-refractivity contribution is 5.97. The van der Waals surface area contributed by atoms with E-state index in [2.05, 4.69) is 10.4 Å². The largest absolute Gasteiger partial charge is 0.324 e. The normalized spacial score (nSPS) is 24.6. The molecule has 1 aromatic rings. The molecule has 1 atom stereocenters. The number of carbonyl (C=O) groups is 2. The van der Waals surface area contributed by atoms with E-state index in [-0.39, 0.29) is 24.4 Å². The molecule has 0 radical (unpaired) electrons. The van der Waals surface area contributed by atoms with Crippen LogP contribution in [0.5, 0.6) is 0 Å². The molecular weight excluding hydrogens is 232 g/mol. The van der Waals surface area contributed by atoms with Gasteiger partial charge in [0.2, 0.25) is 5.91 Å². The zero-order valence-electron chi connectivity index (χ0n) is 11.1. The van der Waals surface area contributed by atoms with Crippen LogP contribution in [-0.2, 0) is 10.3 Å². The van der Waals surface area contributed by atoms with Crippen molar-refractivity contribution in [2.24, 2.45) is 0 Å². The van der Waals surface area contributed by atoms with Gasteiger partial charge in [-0.2, -0.15) is 5.10 Å². The maximum Gasteiger partial charge on any atom is 0.324 e. The summed E-state index contributed by atoms with van der Waals surface area (Å²) in [5.41, 5.74) is 0.244. The lowest BCUT2D eigenvalue weighted by Crippen LogP contribution is -2.57. The van der Waals surface area contributed by atoms with Crippen LogP contribution < -0.4 is 5.32 Å². The molecule has 1 N–H and O–H groups in total. The summed E-state index contributed by atoms with van der Waals surface area (Å²) in [4.78, 5) is 24.8. The van der Waals surface area contributed by atoms with Crippen molar-refractivity contribution in [3.05, 3.63) is 18.0 Å². The SMILES string of the molecule is CC(C)n1cc(C2(C)CC(=O)NC(=O)N2C)cn1. The molecule has 0 aromatic carbocycles. The number of hydrogen-bond acceptors (Lipinski definition) is 3. The van der Waals surface area contributed by atoms with Crippen molar-refractivity contribution in [1.82, 2.24) is 20.0 Å². The Labute approximate surface area is 106 Å². The number of nitrogens with zero attached hydrogens (tertiary/aromatic N) is 3. The second kappa shape index (κ2) is 4.12. The van der Waals surface area contributed by atoms with Crippen molar-refractivity contribution in [2.75, 3.05) is 7.05 Å². The molecule has 1 fully saturated rings. The summed E-state index contributed by atoms with van der Waals surface area (Å²) >= 11 is 0. The predicted octanol–water partition coefficient (Wildman–Crippen LogP) is 1.25. The average molecular weight is 250 g/mol. The van der Waals surface area contributed by atoms with Crippen LogP contribution in [0.4, 0.5) is 4.79 Å². The van der Waals surface area contributed by atoms with Gasteiger partial charge in [0.1, 0.15) is 0 Å². The van der Waals surface area contributed by atoms with E-state index >= 15 is 0 Å². The van der Waals surface area contributed by atoms with E-state index in [0.29, 0.717) is 0 Å². The molecule has 2 heterocycles. The minimum atomic E-state index is -0.632. The summed E-state index contributed by atoms with van der Waals surface area (Å²) in [5.74, 6) is -0.252. The third-order valence-electron chi connectivity index (χ3n) is 3.55. The Bertz CT molecular complexity index is 494. The molecule has 0 aliphatic carbocycles. The van der Waals surface area contributed by atoms with Gasteiger partial charge in [0, 0.05) is 24.8 Å². The Kier molecular flexibility index (Phi) is 2.88.